The number of oxazole rings is 1. The monoisotopic (exact) mass is 366 g/mol. The van der Waals surface area contributed by atoms with Gasteiger partial charge in [-0.2, -0.15) is 5.10 Å². The zero-order chi connectivity index (χ0) is 19.0. The van der Waals surface area contributed by atoms with E-state index in [2.05, 4.69) is 15.4 Å². The third kappa shape index (κ3) is 3.20. The van der Waals surface area contributed by atoms with Crippen molar-refractivity contribution < 1.29 is 13.9 Å². The molecular weight excluding hydrogens is 344 g/mol. The lowest BCUT2D eigenvalue weighted by Crippen LogP contribution is -2.31. The predicted octanol–water partition coefficient (Wildman–Crippen LogP) is 3.29. The van der Waals surface area contributed by atoms with Crippen molar-refractivity contribution in [1.82, 2.24) is 20.1 Å². The number of amides is 1. The van der Waals surface area contributed by atoms with E-state index < -0.39 is 0 Å². The Bertz CT molecular complexity index is 972. The summed E-state index contributed by atoms with van der Waals surface area (Å²) in [7, 11) is 1.65. The van der Waals surface area contributed by atoms with Crippen LogP contribution >= 0.6 is 0 Å². The highest BCUT2D eigenvalue weighted by Gasteiger charge is 2.28. The first kappa shape index (κ1) is 17.3. The van der Waals surface area contributed by atoms with Crippen molar-refractivity contribution in [2.24, 2.45) is 0 Å². The molecule has 0 spiro atoms. The number of aryl methyl sites for hydroxylation is 2. The molecule has 7 heteroatoms. The molecule has 0 unspecified atom stereocenters. The first-order valence-electron chi connectivity index (χ1n) is 9.03. The van der Waals surface area contributed by atoms with E-state index in [1.165, 1.54) is 0 Å². The van der Waals surface area contributed by atoms with Crippen LogP contribution in [0.15, 0.2) is 34.9 Å². The zero-order valence-electron chi connectivity index (χ0n) is 15.7. The quantitative estimate of drug-likeness (QED) is 0.766. The van der Waals surface area contributed by atoms with E-state index in [0.29, 0.717) is 11.6 Å². The standard InChI is InChI=1S/C20H22N4O3/c1-12-19(27-13(2)22-12)20(25)23-17-5-4-6-18-16(17)11-21-24(18)14-7-9-15(26-3)10-8-14/h7-11,17H,4-6H2,1-3H3,(H,23,25)/t17-/m0/s1. The number of methoxy groups -OCH3 is 1. The summed E-state index contributed by atoms with van der Waals surface area (Å²) < 4.78 is 12.6. The van der Waals surface area contributed by atoms with E-state index in [1.807, 2.05) is 35.1 Å². The second-order valence-electron chi connectivity index (χ2n) is 6.72. The number of hydrogen-bond acceptors (Lipinski definition) is 5. The lowest BCUT2D eigenvalue weighted by Gasteiger charge is -2.24. The number of nitrogens with zero attached hydrogens (tertiary/aromatic N) is 3. The minimum atomic E-state index is -0.233. The first-order valence-corrected chi connectivity index (χ1v) is 9.03. The molecule has 0 saturated heterocycles. The zero-order valence-corrected chi connectivity index (χ0v) is 15.7. The molecule has 2 aromatic heterocycles. The molecule has 1 N–H and O–H groups in total. The van der Waals surface area contributed by atoms with E-state index in [-0.39, 0.29) is 17.7 Å². The SMILES string of the molecule is COc1ccc(-n2ncc3c2CCC[C@@H]3NC(=O)c2oc(C)nc2C)cc1. The highest BCUT2D eigenvalue weighted by Crippen LogP contribution is 2.31. The van der Waals surface area contributed by atoms with E-state index >= 15 is 0 Å². The summed E-state index contributed by atoms with van der Waals surface area (Å²) in [5.74, 6) is 1.35. The third-order valence-electron chi connectivity index (χ3n) is 4.92. The largest absolute Gasteiger partial charge is 0.497 e. The summed E-state index contributed by atoms with van der Waals surface area (Å²) in [5, 5.41) is 7.65. The predicted molar refractivity (Wildman–Crippen MR) is 99.2 cm³/mol. The number of ether oxygens (including phenoxy) is 1. The van der Waals surface area contributed by atoms with Gasteiger partial charge in [-0.3, -0.25) is 4.79 Å². The van der Waals surface area contributed by atoms with E-state index in [0.717, 1.165) is 42.0 Å². The number of nitrogens with one attached hydrogen (secondary N) is 1. The van der Waals surface area contributed by atoms with Crippen molar-refractivity contribution in [3.8, 4) is 11.4 Å². The fourth-order valence-electron chi connectivity index (χ4n) is 3.62. The smallest absolute Gasteiger partial charge is 0.289 e. The molecule has 1 amide bonds. The summed E-state index contributed by atoms with van der Waals surface area (Å²) in [6.07, 6.45) is 4.63. The van der Waals surface area contributed by atoms with Gasteiger partial charge in [0.15, 0.2) is 5.89 Å². The average molecular weight is 366 g/mol. The molecule has 0 aliphatic heterocycles. The molecule has 0 bridgehead atoms. The Morgan fingerprint density at radius 2 is 2.07 bits per heavy atom. The molecule has 0 radical (unpaired) electrons. The minimum Gasteiger partial charge on any atom is -0.497 e. The van der Waals surface area contributed by atoms with E-state index in [9.17, 15) is 4.79 Å². The molecule has 1 aliphatic carbocycles. The average Bonchev–Trinajstić information content (AvgIpc) is 3.25. The number of hydrogen-bond donors (Lipinski definition) is 1. The van der Waals surface area contributed by atoms with Crippen LogP contribution < -0.4 is 10.1 Å². The lowest BCUT2D eigenvalue weighted by molar-refractivity contribution is 0.0902. The molecule has 2 heterocycles. The Balaban J connectivity index is 1.59. The van der Waals surface area contributed by atoms with Crippen molar-refractivity contribution in [2.75, 3.05) is 7.11 Å². The van der Waals surface area contributed by atoms with E-state index in [4.69, 9.17) is 9.15 Å². The van der Waals surface area contributed by atoms with Crippen LogP contribution in [0.5, 0.6) is 5.75 Å². The number of fused-ring (bicyclic) bond motifs is 1. The van der Waals surface area contributed by atoms with Crippen LogP contribution in [0, 0.1) is 13.8 Å². The maximum atomic E-state index is 12.6. The second-order valence-corrected chi connectivity index (χ2v) is 6.72. The Morgan fingerprint density at radius 3 is 2.74 bits per heavy atom. The third-order valence-corrected chi connectivity index (χ3v) is 4.92. The van der Waals surface area contributed by atoms with Gasteiger partial charge in [-0.05, 0) is 50.5 Å². The fourth-order valence-corrected chi connectivity index (χ4v) is 3.62. The number of rotatable bonds is 4. The van der Waals surface area contributed by atoms with Crippen LogP contribution in [0.2, 0.25) is 0 Å². The topological polar surface area (TPSA) is 82.2 Å². The van der Waals surface area contributed by atoms with Gasteiger partial charge in [0.25, 0.3) is 5.91 Å². The van der Waals surface area contributed by atoms with Crippen LogP contribution in [-0.2, 0) is 6.42 Å². The molecule has 1 aromatic carbocycles. The molecule has 140 valence electrons. The number of aromatic nitrogens is 3. The van der Waals surface area contributed by atoms with Crippen LogP contribution in [0.3, 0.4) is 0 Å². The summed E-state index contributed by atoms with van der Waals surface area (Å²) in [4.78, 5) is 16.8. The number of benzene rings is 1. The maximum Gasteiger partial charge on any atom is 0.289 e. The molecule has 0 fully saturated rings. The molecule has 7 nitrogen and oxygen atoms in total. The highest BCUT2D eigenvalue weighted by molar-refractivity contribution is 5.92. The molecule has 3 aromatic rings. The molecule has 4 rings (SSSR count). The van der Waals surface area contributed by atoms with Crippen LogP contribution in [0.1, 0.15) is 52.3 Å². The highest BCUT2D eigenvalue weighted by atomic mass is 16.5. The number of carbonyl (C=O) groups excluding carboxylic acids is 1. The van der Waals surface area contributed by atoms with E-state index in [1.54, 1.807) is 21.0 Å². The van der Waals surface area contributed by atoms with Gasteiger partial charge < -0.3 is 14.5 Å². The molecule has 1 atom stereocenters. The van der Waals surface area contributed by atoms with Gasteiger partial charge in [-0.15, -0.1) is 0 Å². The second kappa shape index (κ2) is 6.90. The van der Waals surface area contributed by atoms with Crippen molar-refractivity contribution in [3.63, 3.8) is 0 Å². The summed E-state index contributed by atoms with van der Waals surface area (Å²) >= 11 is 0. The van der Waals surface area contributed by atoms with Crippen LogP contribution in [0.25, 0.3) is 5.69 Å². The normalized spacial score (nSPS) is 16.0. The Kier molecular flexibility index (Phi) is 4.43. The minimum absolute atomic E-state index is 0.0851. The molecule has 1 aliphatic rings. The first-order chi connectivity index (χ1) is 13.1. The van der Waals surface area contributed by atoms with Gasteiger partial charge in [-0.1, -0.05) is 0 Å². The number of carbonyl (C=O) groups is 1. The Hall–Kier alpha value is -3.09. The molecular formula is C20H22N4O3. The molecule has 27 heavy (non-hydrogen) atoms. The van der Waals surface area contributed by atoms with Gasteiger partial charge in [0, 0.05) is 18.2 Å². The summed E-state index contributed by atoms with van der Waals surface area (Å²) in [6.45, 7) is 3.51. The van der Waals surface area contributed by atoms with Crippen molar-refractivity contribution in [1.29, 1.82) is 0 Å². The van der Waals surface area contributed by atoms with Gasteiger partial charge in [0.05, 0.1) is 30.7 Å². The van der Waals surface area contributed by atoms with Gasteiger partial charge in [0.1, 0.15) is 5.75 Å². The Labute approximate surface area is 157 Å². The van der Waals surface area contributed by atoms with Crippen molar-refractivity contribution in [3.05, 3.63) is 59.1 Å². The lowest BCUT2D eigenvalue weighted by atomic mass is 9.92. The van der Waals surface area contributed by atoms with Gasteiger partial charge in [0.2, 0.25) is 5.76 Å². The maximum absolute atomic E-state index is 12.6. The Morgan fingerprint density at radius 1 is 1.30 bits per heavy atom. The van der Waals surface area contributed by atoms with Gasteiger partial charge in [-0.25, -0.2) is 9.67 Å². The fraction of sp³-hybridized carbons (Fsp3) is 0.350. The molecule has 0 saturated carbocycles. The van der Waals surface area contributed by atoms with Crippen molar-refractivity contribution >= 4 is 5.91 Å². The van der Waals surface area contributed by atoms with Gasteiger partial charge >= 0.3 is 0 Å². The van der Waals surface area contributed by atoms with Crippen LogP contribution in [-0.4, -0.2) is 27.8 Å². The van der Waals surface area contributed by atoms with Crippen LogP contribution in [0.4, 0.5) is 0 Å². The summed E-state index contributed by atoms with van der Waals surface area (Å²) in [6, 6.07) is 7.71. The summed E-state index contributed by atoms with van der Waals surface area (Å²) in [5.41, 5.74) is 3.77. The van der Waals surface area contributed by atoms with Crippen molar-refractivity contribution in [2.45, 2.75) is 39.2 Å².